The molecule has 0 unspecified atom stereocenters. The summed E-state index contributed by atoms with van der Waals surface area (Å²) in [6, 6.07) is 0. The third kappa shape index (κ3) is 4.26. The van der Waals surface area contributed by atoms with Gasteiger partial charge in [0.15, 0.2) is 0 Å². The summed E-state index contributed by atoms with van der Waals surface area (Å²) in [5, 5.41) is 19.4. The third-order valence-corrected chi connectivity index (χ3v) is 1.17. The van der Waals surface area contributed by atoms with Crippen LogP contribution in [0.2, 0.25) is 0 Å². The molecule has 1 amide bonds. The number of hydrogen-bond acceptors (Lipinski definition) is 3. The molecule has 0 aliphatic heterocycles. The minimum absolute atomic E-state index is 0.101. The van der Waals surface area contributed by atoms with Gasteiger partial charge in [-0.3, -0.25) is 0 Å². The molecule has 0 bridgehead atoms. The molecule has 3 N–H and O–H groups in total. The van der Waals surface area contributed by atoms with Gasteiger partial charge in [-0.15, -0.1) is 0 Å². The van der Waals surface area contributed by atoms with Crippen molar-refractivity contribution in [2.24, 2.45) is 0 Å². The zero-order chi connectivity index (χ0) is 8.85. The average molecular weight is 177 g/mol. The quantitative estimate of drug-likeness (QED) is 0.365. The zero-order valence-electron chi connectivity index (χ0n) is 5.44. The summed E-state index contributed by atoms with van der Waals surface area (Å²) >= 11 is 3.58. The Morgan fingerprint density at radius 3 is 2.27 bits per heavy atom. The van der Waals surface area contributed by atoms with E-state index in [-0.39, 0.29) is 12.1 Å². The smallest absolute Gasteiger partial charge is 0.404 e. The summed E-state index contributed by atoms with van der Waals surface area (Å²) in [5.41, 5.74) is -0.101. The molecule has 0 saturated heterocycles. The molecule has 0 radical (unpaired) electrons. The molecule has 0 aromatic carbocycles. The largest absolute Gasteiger partial charge is 0.478 e. The summed E-state index contributed by atoms with van der Waals surface area (Å²) in [7, 11) is 0. The van der Waals surface area contributed by atoms with Crippen molar-refractivity contribution in [1.29, 1.82) is 0 Å². The molecule has 0 aliphatic carbocycles. The van der Waals surface area contributed by atoms with Crippen LogP contribution in [0.1, 0.15) is 0 Å². The molecule has 0 aliphatic rings. The third-order valence-electron chi connectivity index (χ3n) is 0.861. The number of thiol groups is 1. The molecule has 0 saturated carbocycles. The summed E-state index contributed by atoms with van der Waals surface area (Å²) in [4.78, 5) is 20.1. The molecule has 5 nitrogen and oxygen atoms in total. The van der Waals surface area contributed by atoms with Gasteiger partial charge < -0.3 is 15.5 Å². The van der Waals surface area contributed by atoms with E-state index in [1.165, 1.54) is 0 Å². The minimum Gasteiger partial charge on any atom is -0.478 e. The van der Waals surface area contributed by atoms with Crippen LogP contribution in [0.15, 0.2) is 11.0 Å². The molecular weight excluding hydrogens is 170 g/mol. The Kier molecular flexibility index (Phi) is 4.12. The van der Waals surface area contributed by atoms with Crippen LogP contribution < -0.4 is 5.32 Å². The van der Waals surface area contributed by atoms with Crippen molar-refractivity contribution < 1.29 is 19.8 Å². The van der Waals surface area contributed by atoms with Crippen LogP contribution in [0.3, 0.4) is 0 Å². The second-order valence-corrected chi connectivity index (χ2v) is 1.88. The number of aliphatic carboxylic acids is 1. The van der Waals surface area contributed by atoms with Crippen LogP contribution in [-0.2, 0) is 4.79 Å². The topological polar surface area (TPSA) is 86.6 Å². The average Bonchev–Trinajstić information content (AvgIpc) is 1.87. The molecular formula is C5H7NO4S. The first-order valence-corrected chi connectivity index (χ1v) is 3.13. The second kappa shape index (κ2) is 4.62. The van der Waals surface area contributed by atoms with Crippen molar-refractivity contribution in [3.05, 3.63) is 11.0 Å². The molecule has 0 atom stereocenters. The van der Waals surface area contributed by atoms with Crippen LogP contribution in [0.25, 0.3) is 0 Å². The fourth-order valence-electron chi connectivity index (χ4n) is 0.347. The highest BCUT2D eigenvalue weighted by Gasteiger charge is 2.06. The van der Waals surface area contributed by atoms with Crippen molar-refractivity contribution in [2.45, 2.75) is 0 Å². The Labute approximate surface area is 68.1 Å². The van der Waals surface area contributed by atoms with Gasteiger partial charge >= 0.3 is 12.1 Å². The van der Waals surface area contributed by atoms with Gasteiger partial charge in [-0.1, -0.05) is 0 Å². The Balaban J connectivity index is 3.92. The lowest BCUT2D eigenvalue weighted by atomic mass is 10.3. The Hall–Kier alpha value is -1.17. The van der Waals surface area contributed by atoms with Gasteiger partial charge in [-0.25, -0.2) is 9.59 Å². The maximum Gasteiger partial charge on any atom is 0.404 e. The Morgan fingerprint density at radius 2 is 2.00 bits per heavy atom. The molecule has 0 heterocycles. The standard InChI is InChI=1S/C5H7NO4S/c7-4(8)3(2-11)1-6-5(9)10/h2,6,11H,1H2,(H,7,8)(H,9,10)/b3-2+. The van der Waals surface area contributed by atoms with Crippen LogP contribution in [0, 0.1) is 0 Å². The molecule has 0 fully saturated rings. The molecule has 11 heavy (non-hydrogen) atoms. The summed E-state index contributed by atoms with van der Waals surface area (Å²) in [5.74, 6) is -1.19. The van der Waals surface area contributed by atoms with Crippen molar-refractivity contribution in [3.8, 4) is 0 Å². The van der Waals surface area contributed by atoms with Gasteiger partial charge in [-0.2, -0.15) is 12.6 Å². The van der Waals surface area contributed by atoms with E-state index in [9.17, 15) is 9.59 Å². The number of amides is 1. The van der Waals surface area contributed by atoms with E-state index in [0.29, 0.717) is 0 Å². The molecule has 0 rings (SSSR count). The number of carbonyl (C=O) groups is 2. The van der Waals surface area contributed by atoms with Crippen LogP contribution >= 0.6 is 12.6 Å². The summed E-state index contributed by atoms with van der Waals surface area (Å²) in [6.07, 6.45) is -1.26. The van der Waals surface area contributed by atoms with E-state index < -0.39 is 12.1 Å². The van der Waals surface area contributed by atoms with Gasteiger partial charge in [0, 0.05) is 0 Å². The fraction of sp³-hybridized carbons (Fsp3) is 0.200. The minimum atomic E-state index is -1.26. The van der Waals surface area contributed by atoms with E-state index in [2.05, 4.69) is 12.6 Å². The normalized spacial score (nSPS) is 10.8. The SMILES string of the molecule is O=C(O)NC/C(=C\S)C(=O)O. The lowest BCUT2D eigenvalue weighted by molar-refractivity contribution is -0.132. The van der Waals surface area contributed by atoms with E-state index >= 15 is 0 Å². The van der Waals surface area contributed by atoms with Crippen molar-refractivity contribution in [2.75, 3.05) is 6.54 Å². The Bertz CT molecular complexity index is 201. The predicted molar refractivity (Wildman–Crippen MR) is 40.7 cm³/mol. The number of rotatable bonds is 3. The maximum atomic E-state index is 10.2. The monoisotopic (exact) mass is 177 g/mol. The highest BCUT2D eigenvalue weighted by molar-refractivity contribution is 7.83. The molecule has 0 aromatic heterocycles. The van der Waals surface area contributed by atoms with Gasteiger partial charge in [0.25, 0.3) is 0 Å². The van der Waals surface area contributed by atoms with E-state index in [0.717, 1.165) is 5.41 Å². The lowest BCUT2D eigenvalue weighted by Gasteiger charge is -1.99. The van der Waals surface area contributed by atoms with Crippen molar-refractivity contribution in [3.63, 3.8) is 0 Å². The highest BCUT2D eigenvalue weighted by atomic mass is 32.1. The van der Waals surface area contributed by atoms with E-state index in [1.807, 2.05) is 5.32 Å². The number of carboxylic acids is 1. The van der Waals surface area contributed by atoms with Crippen molar-refractivity contribution >= 4 is 24.7 Å². The molecule has 62 valence electrons. The molecule has 6 heteroatoms. The summed E-state index contributed by atoms with van der Waals surface area (Å²) in [6.45, 7) is -0.242. The fourth-order valence-corrected chi connectivity index (χ4v) is 0.549. The first-order chi connectivity index (χ1) is 5.07. The number of hydrogen-bond donors (Lipinski definition) is 4. The molecule has 0 spiro atoms. The van der Waals surface area contributed by atoms with Gasteiger partial charge in [0.05, 0.1) is 12.1 Å². The molecule has 0 aromatic rings. The number of nitrogens with one attached hydrogen (secondary N) is 1. The maximum absolute atomic E-state index is 10.2. The van der Waals surface area contributed by atoms with Crippen LogP contribution in [0.5, 0.6) is 0 Å². The van der Waals surface area contributed by atoms with Crippen LogP contribution in [0.4, 0.5) is 4.79 Å². The Morgan fingerprint density at radius 1 is 1.45 bits per heavy atom. The zero-order valence-corrected chi connectivity index (χ0v) is 6.34. The summed E-state index contributed by atoms with van der Waals surface area (Å²) < 4.78 is 0. The van der Waals surface area contributed by atoms with E-state index in [4.69, 9.17) is 10.2 Å². The van der Waals surface area contributed by atoms with Gasteiger partial charge in [0.2, 0.25) is 0 Å². The van der Waals surface area contributed by atoms with Gasteiger partial charge in [0.1, 0.15) is 0 Å². The highest BCUT2D eigenvalue weighted by Crippen LogP contribution is 1.94. The van der Waals surface area contributed by atoms with Crippen LogP contribution in [-0.4, -0.2) is 28.8 Å². The first-order valence-electron chi connectivity index (χ1n) is 2.61. The van der Waals surface area contributed by atoms with E-state index in [1.54, 1.807) is 0 Å². The van der Waals surface area contributed by atoms with Gasteiger partial charge in [-0.05, 0) is 5.41 Å². The predicted octanol–water partition coefficient (Wildman–Crippen LogP) is 0.152. The number of carboxylic acid groups (broad SMARTS) is 2. The first kappa shape index (κ1) is 9.83. The van der Waals surface area contributed by atoms with Crippen molar-refractivity contribution in [1.82, 2.24) is 5.32 Å². The second-order valence-electron chi connectivity index (χ2n) is 1.62. The lowest BCUT2D eigenvalue weighted by Crippen LogP contribution is -2.25.